The Morgan fingerprint density at radius 3 is 2.65 bits per heavy atom. The van der Waals surface area contributed by atoms with Gasteiger partial charge in [-0.1, -0.05) is 36.3 Å². The Bertz CT molecular complexity index is 1160. The largest absolute Gasteiger partial charge is 0.497 e. The molecule has 1 N–H and O–H groups in total. The third-order valence-corrected chi connectivity index (χ3v) is 5.86. The summed E-state index contributed by atoms with van der Waals surface area (Å²) < 4.78 is 10.7. The first-order chi connectivity index (χ1) is 16.6. The van der Waals surface area contributed by atoms with E-state index in [9.17, 15) is 9.59 Å². The molecule has 0 atom stereocenters. The summed E-state index contributed by atoms with van der Waals surface area (Å²) in [5.41, 5.74) is 2.42. The van der Waals surface area contributed by atoms with Gasteiger partial charge in [-0.25, -0.2) is 0 Å². The molecule has 3 aromatic rings. The lowest BCUT2D eigenvalue weighted by Gasteiger charge is -2.29. The normalized spacial score (nSPS) is 14.4. The van der Waals surface area contributed by atoms with E-state index in [1.165, 1.54) is 0 Å². The van der Waals surface area contributed by atoms with Crippen LogP contribution >= 0.6 is 0 Å². The molecule has 2 amide bonds. The van der Waals surface area contributed by atoms with Gasteiger partial charge in [0, 0.05) is 42.8 Å². The molecule has 2 heterocycles. The van der Waals surface area contributed by atoms with Gasteiger partial charge in [-0.15, -0.1) is 0 Å². The summed E-state index contributed by atoms with van der Waals surface area (Å²) in [6, 6.07) is 14.9. The molecule has 0 spiro atoms. The second-order valence-electron chi connectivity index (χ2n) is 8.14. The number of hydrogen-bond acceptors (Lipinski definition) is 6. The molecule has 176 valence electrons. The van der Waals surface area contributed by atoms with Crippen molar-refractivity contribution in [2.75, 3.05) is 25.5 Å². The van der Waals surface area contributed by atoms with E-state index >= 15 is 0 Å². The van der Waals surface area contributed by atoms with Crippen molar-refractivity contribution in [2.45, 2.75) is 32.1 Å². The summed E-state index contributed by atoms with van der Waals surface area (Å²) in [6.07, 6.45) is 5.36. The maximum Gasteiger partial charge on any atom is 0.246 e. The number of hydrogen-bond donors (Lipinski definition) is 1. The van der Waals surface area contributed by atoms with Crippen LogP contribution in [0.1, 0.15) is 43.6 Å². The lowest BCUT2D eigenvalue weighted by Crippen LogP contribution is -2.36. The summed E-state index contributed by atoms with van der Waals surface area (Å²) in [4.78, 5) is 30.7. The third kappa shape index (κ3) is 5.70. The molecule has 0 bridgehead atoms. The molecule has 34 heavy (non-hydrogen) atoms. The molecule has 1 aliphatic rings. The minimum Gasteiger partial charge on any atom is -0.497 e. The average molecular weight is 461 g/mol. The number of carbonyl (C=O) groups excluding carboxylic acids is 2. The number of piperidine rings is 1. The second kappa shape index (κ2) is 10.8. The first-order valence-corrected chi connectivity index (χ1v) is 11.4. The molecular weight excluding hydrogens is 432 g/mol. The van der Waals surface area contributed by atoms with Crippen LogP contribution in [0.15, 0.2) is 59.1 Å². The molecule has 0 radical (unpaired) electrons. The minimum absolute atomic E-state index is 0.00794. The molecule has 0 aliphatic carbocycles. The van der Waals surface area contributed by atoms with Gasteiger partial charge in [0.15, 0.2) is 0 Å². The van der Waals surface area contributed by atoms with Gasteiger partial charge >= 0.3 is 0 Å². The van der Waals surface area contributed by atoms with Crippen LogP contribution in [0.25, 0.3) is 17.5 Å². The summed E-state index contributed by atoms with van der Waals surface area (Å²) in [7, 11) is 1.62. The summed E-state index contributed by atoms with van der Waals surface area (Å²) in [5.74, 6) is 1.91. The van der Waals surface area contributed by atoms with Gasteiger partial charge in [-0.3, -0.25) is 9.59 Å². The van der Waals surface area contributed by atoms with Crippen molar-refractivity contribution in [1.29, 1.82) is 0 Å². The van der Waals surface area contributed by atoms with E-state index in [0.29, 0.717) is 36.9 Å². The SMILES string of the molecule is CCC(=O)Nc1cccc(-c2noc(C3CCN(C(=O)C=Cc4ccc(OC)cc4)CC3)n2)c1. The molecule has 2 aromatic carbocycles. The molecule has 1 saturated heterocycles. The third-order valence-electron chi connectivity index (χ3n) is 5.86. The maximum absolute atomic E-state index is 12.6. The van der Waals surface area contributed by atoms with E-state index in [4.69, 9.17) is 9.26 Å². The Hall–Kier alpha value is -3.94. The van der Waals surface area contributed by atoms with Crippen molar-refractivity contribution in [2.24, 2.45) is 0 Å². The fraction of sp³-hybridized carbons (Fsp3) is 0.308. The van der Waals surface area contributed by atoms with E-state index in [2.05, 4.69) is 15.5 Å². The first kappa shape index (κ1) is 23.2. The lowest BCUT2D eigenvalue weighted by molar-refractivity contribution is -0.127. The lowest BCUT2D eigenvalue weighted by atomic mass is 9.96. The molecule has 1 fully saturated rings. The highest BCUT2D eigenvalue weighted by molar-refractivity contribution is 5.92. The average Bonchev–Trinajstić information content (AvgIpc) is 3.38. The van der Waals surface area contributed by atoms with E-state index < -0.39 is 0 Å². The molecule has 8 nitrogen and oxygen atoms in total. The van der Waals surface area contributed by atoms with Gasteiger partial charge in [0.05, 0.1) is 7.11 Å². The molecule has 4 rings (SSSR count). The predicted octanol–water partition coefficient (Wildman–Crippen LogP) is 4.51. The van der Waals surface area contributed by atoms with Crippen molar-refractivity contribution in [3.8, 4) is 17.1 Å². The van der Waals surface area contributed by atoms with Gasteiger partial charge in [-0.2, -0.15) is 4.98 Å². The Morgan fingerprint density at radius 2 is 1.94 bits per heavy atom. The molecule has 8 heteroatoms. The van der Waals surface area contributed by atoms with Crippen molar-refractivity contribution in [1.82, 2.24) is 15.0 Å². The van der Waals surface area contributed by atoms with Crippen LogP contribution in [0.5, 0.6) is 5.75 Å². The Labute approximate surface area is 198 Å². The monoisotopic (exact) mass is 460 g/mol. The van der Waals surface area contributed by atoms with Crippen LogP contribution in [0.2, 0.25) is 0 Å². The number of anilines is 1. The number of nitrogens with one attached hydrogen (secondary N) is 1. The van der Waals surface area contributed by atoms with Crippen LogP contribution in [0.4, 0.5) is 5.69 Å². The summed E-state index contributed by atoms with van der Waals surface area (Å²) in [6.45, 7) is 3.07. The molecule has 1 aromatic heterocycles. The highest BCUT2D eigenvalue weighted by atomic mass is 16.5. The van der Waals surface area contributed by atoms with Crippen molar-refractivity contribution < 1.29 is 18.8 Å². The van der Waals surface area contributed by atoms with Crippen LogP contribution in [-0.2, 0) is 9.59 Å². The molecule has 1 aliphatic heterocycles. The molecule has 0 saturated carbocycles. The van der Waals surface area contributed by atoms with Gasteiger partial charge in [-0.05, 0) is 48.7 Å². The zero-order valence-corrected chi connectivity index (χ0v) is 19.4. The number of benzene rings is 2. The number of nitrogens with zero attached hydrogens (tertiary/aromatic N) is 3. The fourth-order valence-electron chi connectivity index (χ4n) is 3.84. The van der Waals surface area contributed by atoms with Crippen LogP contribution < -0.4 is 10.1 Å². The standard InChI is InChI=1S/C26H28N4O4/c1-3-23(31)27-21-6-4-5-20(17-21)25-28-26(34-29-25)19-13-15-30(16-14-19)24(32)12-9-18-7-10-22(33-2)11-8-18/h4-12,17,19H,3,13-16H2,1-2H3,(H,27,31). The van der Waals surface area contributed by atoms with E-state index in [-0.39, 0.29) is 17.7 Å². The topological polar surface area (TPSA) is 97.6 Å². The molecular formula is C26H28N4O4. The van der Waals surface area contributed by atoms with Gasteiger partial charge in [0.2, 0.25) is 23.5 Å². The van der Waals surface area contributed by atoms with Crippen molar-refractivity contribution in [3.63, 3.8) is 0 Å². The number of carbonyl (C=O) groups is 2. The van der Waals surface area contributed by atoms with Gasteiger partial charge in [0.1, 0.15) is 5.75 Å². The maximum atomic E-state index is 12.6. The van der Waals surface area contributed by atoms with Gasteiger partial charge < -0.3 is 19.5 Å². The van der Waals surface area contributed by atoms with E-state index in [0.717, 1.165) is 29.7 Å². The zero-order chi connectivity index (χ0) is 23.9. The number of ether oxygens (including phenoxy) is 1. The minimum atomic E-state index is -0.0499. The van der Waals surface area contributed by atoms with Crippen LogP contribution in [0.3, 0.4) is 0 Å². The van der Waals surface area contributed by atoms with Crippen LogP contribution in [0, 0.1) is 0 Å². The quantitative estimate of drug-likeness (QED) is 0.521. The zero-order valence-electron chi connectivity index (χ0n) is 19.4. The van der Waals surface area contributed by atoms with E-state index in [1.54, 1.807) is 20.1 Å². The Balaban J connectivity index is 1.33. The number of aromatic nitrogens is 2. The second-order valence-corrected chi connectivity index (χ2v) is 8.14. The van der Waals surface area contributed by atoms with Crippen molar-refractivity contribution in [3.05, 3.63) is 66.1 Å². The fourth-order valence-corrected chi connectivity index (χ4v) is 3.84. The van der Waals surface area contributed by atoms with Crippen molar-refractivity contribution >= 4 is 23.6 Å². The summed E-state index contributed by atoms with van der Waals surface area (Å²) in [5, 5.41) is 6.97. The first-order valence-electron chi connectivity index (χ1n) is 11.4. The summed E-state index contributed by atoms with van der Waals surface area (Å²) >= 11 is 0. The highest BCUT2D eigenvalue weighted by Gasteiger charge is 2.27. The van der Waals surface area contributed by atoms with Crippen LogP contribution in [-0.4, -0.2) is 47.1 Å². The number of amides is 2. The molecule has 0 unspecified atom stereocenters. The smallest absolute Gasteiger partial charge is 0.246 e. The predicted molar refractivity (Wildman–Crippen MR) is 129 cm³/mol. The Morgan fingerprint density at radius 1 is 1.18 bits per heavy atom. The Kier molecular flexibility index (Phi) is 7.37. The van der Waals surface area contributed by atoms with E-state index in [1.807, 2.05) is 59.5 Å². The highest BCUT2D eigenvalue weighted by Crippen LogP contribution is 2.29. The number of rotatable bonds is 7. The van der Waals surface area contributed by atoms with Gasteiger partial charge in [0.25, 0.3) is 0 Å². The number of methoxy groups -OCH3 is 1. The number of likely N-dealkylation sites (tertiary alicyclic amines) is 1.